The highest BCUT2D eigenvalue weighted by molar-refractivity contribution is 14.1. The first-order chi connectivity index (χ1) is 4.29. The van der Waals surface area contributed by atoms with Crippen LogP contribution in [0.25, 0.3) is 0 Å². The van der Waals surface area contributed by atoms with Crippen molar-refractivity contribution in [3.63, 3.8) is 0 Å². The molecule has 0 aromatic heterocycles. The first-order valence-electron chi connectivity index (χ1n) is 3.93. The van der Waals surface area contributed by atoms with E-state index in [4.69, 9.17) is 0 Å². The normalized spacial score (nSPS) is 38.0. The van der Waals surface area contributed by atoms with Crippen LogP contribution in [0.1, 0.15) is 39.0 Å². The molecule has 2 unspecified atom stereocenters. The molecule has 9 heavy (non-hydrogen) atoms. The zero-order valence-corrected chi connectivity index (χ0v) is 8.23. The Hall–Kier alpha value is 0.730. The first-order valence-corrected chi connectivity index (χ1v) is 5.17. The van der Waals surface area contributed by atoms with E-state index in [0.29, 0.717) is 0 Å². The Morgan fingerprint density at radius 3 is 2.67 bits per heavy atom. The average molecular weight is 238 g/mol. The molecule has 0 aromatic rings. The van der Waals surface area contributed by atoms with Gasteiger partial charge in [-0.05, 0) is 18.8 Å². The molecule has 0 saturated heterocycles. The molecule has 0 nitrogen and oxygen atoms in total. The van der Waals surface area contributed by atoms with E-state index in [1.165, 1.54) is 32.1 Å². The maximum absolute atomic E-state index is 2.60. The van der Waals surface area contributed by atoms with Crippen LogP contribution in [0.4, 0.5) is 0 Å². The van der Waals surface area contributed by atoms with Crippen molar-refractivity contribution in [2.45, 2.75) is 43.0 Å². The highest BCUT2D eigenvalue weighted by Crippen LogP contribution is 2.27. The first kappa shape index (κ1) is 7.83. The molecule has 1 aliphatic rings. The van der Waals surface area contributed by atoms with E-state index in [-0.39, 0.29) is 0 Å². The minimum atomic E-state index is 0.972. The Morgan fingerprint density at radius 1 is 1.22 bits per heavy atom. The van der Waals surface area contributed by atoms with Gasteiger partial charge in [-0.25, -0.2) is 0 Å². The number of halogens is 1. The Balaban J connectivity index is 2.29. The van der Waals surface area contributed by atoms with Crippen molar-refractivity contribution in [1.82, 2.24) is 0 Å². The van der Waals surface area contributed by atoms with E-state index < -0.39 is 0 Å². The van der Waals surface area contributed by atoms with Crippen LogP contribution in [0.2, 0.25) is 0 Å². The number of hydrogen-bond donors (Lipinski definition) is 0. The Labute approximate surface area is 71.5 Å². The highest BCUT2D eigenvalue weighted by atomic mass is 127. The SMILES string of the molecule is CC1CCCCC(I)C1. The van der Waals surface area contributed by atoms with Crippen LogP contribution in [-0.2, 0) is 0 Å². The molecular weight excluding hydrogens is 223 g/mol. The van der Waals surface area contributed by atoms with Gasteiger partial charge in [0.15, 0.2) is 0 Å². The second-order valence-electron chi connectivity index (χ2n) is 3.22. The lowest BCUT2D eigenvalue weighted by Gasteiger charge is -2.08. The van der Waals surface area contributed by atoms with Crippen molar-refractivity contribution < 1.29 is 0 Å². The maximum Gasteiger partial charge on any atom is 0.0112 e. The van der Waals surface area contributed by atoms with E-state index in [9.17, 15) is 0 Å². The molecule has 0 bridgehead atoms. The summed E-state index contributed by atoms with van der Waals surface area (Å²) in [6.45, 7) is 2.39. The summed E-state index contributed by atoms with van der Waals surface area (Å²) in [5, 5.41) is 0. The van der Waals surface area contributed by atoms with Gasteiger partial charge in [0.2, 0.25) is 0 Å². The summed E-state index contributed by atoms with van der Waals surface area (Å²) in [5.41, 5.74) is 0. The molecule has 1 rings (SSSR count). The van der Waals surface area contributed by atoms with E-state index in [1.54, 1.807) is 0 Å². The standard InChI is InChI=1S/C8H15I/c1-7-4-2-3-5-8(9)6-7/h7-8H,2-6H2,1H3. The van der Waals surface area contributed by atoms with Gasteiger partial charge in [0, 0.05) is 3.92 Å². The Bertz CT molecular complexity index is 70.6. The monoisotopic (exact) mass is 238 g/mol. The van der Waals surface area contributed by atoms with E-state index in [0.717, 1.165) is 9.84 Å². The van der Waals surface area contributed by atoms with Gasteiger partial charge in [0.25, 0.3) is 0 Å². The van der Waals surface area contributed by atoms with Crippen molar-refractivity contribution in [3.05, 3.63) is 0 Å². The van der Waals surface area contributed by atoms with Crippen LogP contribution in [0, 0.1) is 5.92 Å². The summed E-state index contributed by atoms with van der Waals surface area (Å²) >= 11 is 2.60. The smallest absolute Gasteiger partial charge is 0.0112 e. The zero-order valence-electron chi connectivity index (χ0n) is 6.07. The predicted molar refractivity (Wildman–Crippen MR) is 50.1 cm³/mol. The number of rotatable bonds is 0. The van der Waals surface area contributed by atoms with Crippen LogP contribution in [0.3, 0.4) is 0 Å². The quantitative estimate of drug-likeness (QED) is 0.344. The van der Waals surface area contributed by atoms with E-state index in [1.807, 2.05) is 0 Å². The fraction of sp³-hybridized carbons (Fsp3) is 1.00. The summed E-state index contributed by atoms with van der Waals surface area (Å²) in [7, 11) is 0. The molecule has 1 aliphatic carbocycles. The summed E-state index contributed by atoms with van der Waals surface area (Å²) < 4.78 is 0.972. The Morgan fingerprint density at radius 2 is 1.89 bits per heavy atom. The summed E-state index contributed by atoms with van der Waals surface area (Å²) in [6.07, 6.45) is 7.34. The third kappa shape index (κ3) is 2.87. The molecule has 0 aromatic carbocycles. The van der Waals surface area contributed by atoms with Gasteiger partial charge in [-0.2, -0.15) is 0 Å². The lowest BCUT2D eigenvalue weighted by Crippen LogP contribution is -1.99. The second kappa shape index (κ2) is 3.79. The van der Waals surface area contributed by atoms with Crippen molar-refractivity contribution >= 4 is 22.6 Å². The molecule has 1 fully saturated rings. The fourth-order valence-electron chi connectivity index (χ4n) is 1.53. The third-order valence-corrected chi connectivity index (χ3v) is 3.25. The molecule has 0 N–H and O–H groups in total. The minimum Gasteiger partial charge on any atom is -0.0826 e. The van der Waals surface area contributed by atoms with Crippen molar-refractivity contribution in [2.75, 3.05) is 0 Å². The van der Waals surface area contributed by atoms with Crippen LogP contribution in [-0.4, -0.2) is 3.92 Å². The lowest BCUT2D eigenvalue weighted by atomic mass is 10.0. The largest absolute Gasteiger partial charge is 0.0826 e. The fourth-order valence-corrected chi connectivity index (χ4v) is 2.84. The maximum atomic E-state index is 2.60. The molecule has 1 heteroatoms. The predicted octanol–water partition coefficient (Wildman–Crippen LogP) is 3.39. The van der Waals surface area contributed by atoms with Gasteiger partial charge < -0.3 is 0 Å². The zero-order chi connectivity index (χ0) is 6.69. The van der Waals surface area contributed by atoms with Crippen molar-refractivity contribution in [2.24, 2.45) is 5.92 Å². The minimum absolute atomic E-state index is 0.972. The molecule has 0 spiro atoms. The average Bonchev–Trinajstić information content (AvgIpc) is 1.93. The van der Waals surface area contributed by atoms with Crippen LogP contribution < -0.4 is 0 Å². The van der Waals surface area contributed by atoms with Gasteiger partial charge in [0.05, 0.1) is 0 Å². The topological polar surface area (TPSA) is 0 Å². The molecular formula is C8H15I. The van der Waals surface area contributed by atoms with Gasteiger partial charge in [-0.3, -0.25) is 0 Å². The summed E-state index contributed by atoms with van der Waals surface area (Å²) in [5.74, 6) is 0.995. The lowest BCUT2D eigenvalue weighted by molar-refractivity contribution is 0.513. The van der Waals surface area contributed by atoms with Gasteiger partial charge in [-0.1, -0.05) is 48.8 Å². The van der Waals surface area contributed by atoms with Crippen LogP contribution >= 0.6 is 22.6 Å². The van der Waals surface area contributed by atoms with Gasteiger partial charge in [0.1, 0.15) is 0 Å². The molecule has 0 aliphatic heterocycles. The molecule has 0 heterocycles. The van der Waals surface area contributed by atoms with Gasteiger partial charge in [-0.15, -0.1) is 0 Å². The van der Waals surface area contributed by atoms with E-state index in [2.05, 4.69) is 29.5 Å². The highest BCUT2D eigenvalue weighted by Gasteiger charge is 2.13. The van der Waals surface area contributed by atoms with Crippen molar-refractivity contribution in [1.29, 1.82) is 0 Å². The molecule has 0 amide bonds. The van der Waals surface area contributed by atoms with Crippen LogP contribution in [0.5, 0.6) is 0 Å². The van der Waals surface area contributed by atoms with Crippen LogP contribution in [0.15, 0.2) is 0 Å². The van der Waals surface area contributed by atoms with Gasteiger partial charge >= 0.3 is 0 Å². The summed E-state index contributed by atoms with van der Waals surface area (Å²) in [6, 6.07) is 0. The molecule has 2 atom stereocenters. The summed E-state index contributed by atoms with van der Waals surface area (Å²) in [4.78, 5) is 0. The second-order valence-corrected chi connectivity index (χ2v) is 4.98. The Kier molecular flexibility index (Phi) is 3.30. The molecule has 1 saturated carbocycles. The van der Waals surface area contributed by atoms with E-state index >= 15 is 0 Å². The number of hydrogen-bond acceptors (Lipinski definition) is 0. The third-order valence-electron chi connectivity index (χ3n) is 2.12. The molecule has 0 radical (unpaired) electrons. The molecule has 54 valence electrons. The van der Waals surface area contributed by atoms with Crippen molar-refractivity contribution in [3.8, 4) is 0 Å². The number of alkyl halides is 1.